The third kappa shape index (κ3) is 5.50. The zero-order valence-electron chi connectivity index (χ0n) is 9.49. The third-order valence-electron chi connectivity index (χ3n) is 2.60. The van der Waals surface area contributed by atoms with Crippen molar-refractivity contribution in [2.75, 3.05) is 19.1 Å². The molecule has 0 aliphatic rings. The van der Waals surface area contributed by atoms with E-state index in [-0.39, 0.29) is 12.5 Å². The Morgan fingerprint density at radius 3 is 2.43 bits per heavy atom. The van der Waals surface area contributed by atoms with Gasteiger partial charge in [-0.25, -0.2) is 0 Å². The van der Waals surface area contributed by atoms with E-state index in [0.29, 0.717) is 6.04 Å². The van der Waals surface area contributed by atoms with E-state index in [1.54, 1.807) is 0 Å². The molecule has 0 bridgehead atoms. The summed E-state index contributed by atoms with van der Waals surface area (Å²) >= 11 is 1.83. The van der Waals surface area contributed by atoms with Crippen LogP contribution in [0.15, 0.2) is 0 Å². The number of rotatable bonds is 7. The molecule has 0 aliphatic heterocycles. The van der Waals surface area contributed by atoms with Crippen LogP contribution in [0, 0.1) is 0 Å². The van der Waals surface area contributed by atoms with Gasteiger partial charge in [-0.3, -0.25) is 4.79 Å². The minimum absolute atomic E-state index is 0.115. The summed E-state index contributed by atoms with van der Waals surface area (Å²) < 4.78 is 0. The van der Waals surface area contributed by atoms with Gasteiger partial charge in [-0.2, -0.15) is 11.8 Å². The molecule has 3 nitrogen and oxygen atoms in total. The third-order valence-corrected chi connectivity index (χ3v) is 3.24. The fraction of sp³-hybridized carbons (Fsp3) is 0.900. The largest absolute Gasteiger partial charge is 0.481 e. The van der Waals surface area contributed by atoms with E-state index in [9.17, 15) is 4.79 Å². The van der Waals surface area contributed by atoms with Crippen molar-refractivity contribution in [3.8, 4) is 0 Å². The Labute approximate surface area is 90.9 Å². The number of carbonyl (C=O) groups is 1. The second-order valence-corrected chi connectivity index (χ2v) is 4.73. The molecule has 0 heterocycles. The fourth-order valence-corrected chi connectivity index (χ4v) is 1.90. The standard InChI is InChI=1S/C10H21NO2S/c1-8(5-6-14-4)11(3)9(2)7-10(12)13/h8-9H,5-7H2,1-4H3,(H,12,13). The lowest BCUT2D eigenvalue weighted by Crippen LogP contribution is -2.38. The highest BCUT2D eigenvalue weighted by Crippen LogP contribution is 2.11. The molecule has 0 aromatic rings. The van der Waals surface area contributed by atoms with Crippen molar-refractivity contribution in [3.05, 3.63) is 0 Å². The van der Waals surface area contributed by atoms with Crippen LogP contribution in [0.2, 0.25) is 0 Å². The zero-order valence-corrected chi connectivity index (χ0v) is 10.3. The molecular weight excluding hydrogens is 198 g/mol. The Kier molecular flexibility index (Phi) is 7.01. The van der Waals surface area contributed by atoms with Crippen LogP contribution in [0.1, 0.15) is 26.7 Å². The lowest BCUT2D eigenvalue weighted by atomic mass is 10.1. The molecule has 2 atom stereocenters. The van der Waals surface area contributed by atoms with E-state index in [4.69, 9.17) is 5.11 Å². The first-order valence-corrected chi connectivity index (χ1v) is 6.31. The van der Waals surface area contributed by atoms with Crippen LogP contribution < -0.4 is 0 Å². The Morgan fingerprint density at radius 1 is 1.43 bits per heavy atom. The van der Waals surface area contributed by atoms with Gasteiger partial charge in [-0.15, -0.1) is 0 Å². The van der Waals surface area contributed by atoms with E-state index >= 15 is 0 Å². The first kappa shape index (κ1) is 13.8. The highest BCUT2D eigenvalue weighted by Gasteiger charge is 2.17. The van der Waals surface area contributed by atoms with Crippen molar-refractivity contribution in [3.63, 3.8) is 0 Å². The second-order valence-electron chi connectivity index (χ2n) is 3.74. The second kappa shape index (κ2) is 7.12. The van der Waals surface area contributed by atoms with Crippen LogP contribution >= 0.6 is 11.8 Å². The Hall–Kier alpha value is -0.220. The predicted octanol–water partition coefficient (Wildman–Crippen LogP) is 1.92. The molecule has 4 heteroatoms. The smallest absolute Gasteiger partial charge is 0.304 e. The van der Waals surface area contributed by atoms with Gasteiger partial charge in [0.25, 0.3) is 0 Å². The van der Waals surface area contributed by atoms with Crippen molar-refractivity contribution in [1.82, 2.24) is 4.90 Å². The number of aliphatic carboxylic acids is 1. The number of hydrogen-bond acceptors (Lipinski definition) is 3. The van der Waals surface area contributed by atoms with Crippen LogP contribution in [0.4, 0.5) is 0 Å². The molecule has 0 rings (SSSR count). The van der Waals surface area contributed by atoms with E-state index in [0.717, 1.165) is 12.2 Å². The van der Waals surface area contributed by atoms with Gasteiger partial charge in [0.05, 0.1) is 6.42 Å². The minimum Gasteiger partial charge on any atom is -0.481 e. The van der Waals surface area contributed by atoms with Gasteiger partial charge in [-0.05, 0) is 39.3 Å². The Bertz CT molecular complexity index is 176. The molecule has 0 fully saturated rings. The van der Waals surface area contributed by atoms with Crippen LogP contribution in [0.25, 0.3) is 0 Å². The van der Waals surface area contributed by atoms with Gasteiger partial charge >= 0.3 is 5.97 Å². The average Bonchev–Trinajstić information content (AvgIpc) is 2.11. The number of carboxylic acid groups (broad SMARTS) is 1. The van der Waals surface area contributed by atoms with Crippen molar-refractivity contribution in [2.24, 2.45) is 0 Å². The summed E-state index contributed by atoms with van der Waals surface area (Å²) in [5.74, 6) is 0.409. The van der Waals surface area contributed by atoms with E-state index < -0.39 is 5.97 Å². The van der Waals surface area contributed by atoms with Crippen LogP contribution in [0.5, 0.6) is 0 Å². The molecule has 0 aliphatic carbocycles. The summed E-state index contributed by atoms with van der Waals surface area (Å²) in [4.78, 5) is 12.7. The lowest BCUT2D eigenvalue weighted by molar-refractivity contribution is -0.138. The summed E-state index contributed by atoms with van der Waals surface area (Å²) in [5, 5.41) is 8.66. The Morgan fingerprint density at radius 2 is 2.00 bits per heavy atom. The summed E-state index contributed by atoms with van der Waals surface area (Å²) in [7, 11) is 2.00. The van der Waals surface area contributed by atoms with Gasteiger partial charge in [-0.1, -0.05) is 0 Å². The van der Waals surface area contributed by atoms with Crippen LogP contribution in [-0.2, 0) is 4.79 Å². The highest BCUT2D eigenvalue weighted by molar-refractivity contribution is 7.98. The van der Waals surface area contributed by atoms with Gasteiger partial charge in [0, 0.05) is 12.1 Å². The maximum absolute atomic E-state index is 10.5. The van der Waals surface area contributed by atoms with Gasteiger partial charge < -0.3 is 10.0 Å². The average molecular weight is 219 g/mol. The lowest BCUT2D eigenvalue weighted by Gasteiger charge is -2.29. The van der Waals surface area contributed by atoms with Crippen LogP contribution in [0.3, 0.4) is 0 Å². The molecular formula is C10H21NO2S. The summed E-state index contributed by atoms with van der Waals surface area (Å²) in [5.41, 5.74) is 0. The highest BCUT2D eigenvalue weighted by atomic mass is 32.2. The maximum Gasteiger partial charge on any atom is 0.304 e. The molecule has 0 saturated heterocycles. The van der Waals surface area contributed by atoms with Crippen LogP contribution in [-0.4, -0.2) is 47.1 Å². The molecule has 0 spiro atoms. The minimum atomic E-state index is -0.721. The molecule has 0 saturated carbocycles. The molecule has 0 aromatic heterocycles. The van der Waals surface area contributed by atoms with Gasteiger partial charge in [0.15, 0.2) is 0 Å². The van der Waals surface area contributed by atoms with Crippen molar-refractivity contribution >= 4 is 17.7 Å². The van der Waals surface area contributed by atoms with Crippen molar-refractivity contribution in [1.29, 1.82) is 0 Å². The predicted molar refractivity (Wildman–Crippen MR) is 61.9 cm³/mol. The SMILES string of the molecule is CSCCC(C)N(C)C(C)CC(=O)O. The first-order chi connectivity index (χ1) is 6.49. The molecule has 0 aromatic carbocycles. The van der Waals surface area contributed by atoms with Crippen molar-refractivity contribution < 1.29 is 9.90 Å². The normalized spacial score (nSPS) is 15.5. The zero-order chi connectivity index (χ0) is 11.1. The van der Waals surface area contributed by atoms with Gasteiger partial charge in [0.1, 0.15) is 0 Å². The van der Waals surface area contributed by atoms with E-state index in [1.807, 2.05) is 25.7 Å². The van der Waals surface area contributed by atoms with E-state index in [1.165, 1.54) is 0 Å². The van der Waals surface area contributed by atoms with Crippen molar-refractivity contribution in [2.45, 2.75) is 38.8 Å². The summed E-state index contributed by atoms with van der Waals surface area (Å²) in [6, 6.07) is 0.571. The quantitative estimate of drug-likeness (QED) is 0.710. The number of carboxylic acids is 1. The summed E-state index contributed by atoms with van der Waals surface area (Å²) in [6.07, 6.45) is 3.43. The topological polar surface area (TPSA) is 40.5 Å². The molecule has 14 heavy (non-hydrogen) atoms. The molecule has 2 unspecified atom stereocenters. The monoisotopic (exact) mass is 219 g/mol. The first-order valence-electron chi connectivity index (χ1n) is 4.91. The fourth-order valence-electron chi connectivity index (χ4n) is 1.32. The Balaban J connectivity index is 3.89. The number of hydrogen-bond donors (Lipinski definition) is 1. The molecule has 1 N–H and O–H groups in total. The molecule has 0 radical (unpaired) electrons. The summed E-state index contributed by atoms with van der Waals surface area (Å²) in [6.45, 7) is 4.11. The van der Waals surface area contributed by atoms with Gasteiger partial charge in [0.2, 0.25) is 0 Å². The molecule has 84 valence electrons. The van der Waals surface area contributed by atoms with E-state index in [2.05, 4.69) is 18.1 Å². The number of thioether (sulfide) groups is 1. The number of nitrogens with zero attached hydrogens (tertiary/aromatic N) is 1. The maximum atomic E-state index is 10.5. The molecule has 0 amide bonds.